The van der Waals surface area contributed by atoms with Crippen molar-refractivity contribution in [2.45, 2.75) is 52.3 Å². The van der Waals surface area contributed by atoms with Crippen LogP contribution in [-0.2, 0) is 13.1 Å². The minimum atomic E-state index is -0.901. The fourth-order valence-corrected chi connectivity index (χ4v) is 3.62. The van der Waals surface area contributed by atoms with Crippen LogP contribution in [0.1, 0.15) is 35.2 Å². The largest absolute Gasteiger partial charge is 0.507 e. The number of rotatable bonds is 4. The molecule has 140 valence electrons. The van der Waals surface area contributed by atoms with Crippen molar-refractivity contribution >= 4 is 0 Å². The number of hydrogen-bond acceptors (Lipinski definition) is 5. The monoisotopic (exact) mass is 357 g/mol. The van der Waals surface area contributed by atoms with Gasteiger partial charge in [0.2, 0.25) is 0 Å². The van der Waals surface area contributed by atoms with Gasteiger partial charge in [-0.05, 0) is 56.4 Å². The molecule has 0 radical (unpaired) electrons. The summed E-state index contributed by atoms with van der Waals surface area (Å²) >= 11 is 0. The standard InChI is InChI=1S/C20H27N3O3/c1-14-10-17(11-15(2)19(14)25)12-22-8-6-20(26,7-9-22)13-23-18(24)5-4-16(3)21-23/h4-5,10-11,25-26H,6-9,12-13H2,1-3H3. The Bertz CT molecular complexity index is 829. The average molecular weight is 357 g/mol. The number of hydrogen-bond donors (Lipinski definition) is 2. The number of phenolic OH excluding ortho intramolecular Hbond substituents is 1. The number of aromatic nitrogens is 2. The highest BCUT2D eigenvalue weighted by molar-refractivity contribution is 5.42. The van der Waals surface area contributed by atoms with E-state index in [0.29, 0.717) is 18.6 Å². The lowest BCUT2D eigenvalue weighted by atomic mass is 9.91. The first-order chi connectivity index (χ1) is 12.3. The molecule has 1 aliphatic heterocycles. The molecule has 6 nitrogen and oxygen atoms in total. The van der Waals surface area contributed by atoms with Crippen LogP contribution in [0.4, 0.5) is 0 Å². The number of likely N-dealkylation sites (tertiary alicyclic amines) is 1. The third-order valence-electron chi connectivity index (χ3n) is 5.19. The van der Waals surface area contributed by atoms with Crippen LogP contribution in [0, 0.1) is 20.8 Å². The van der Waals surface area contributed by atoms with Gasteiger partial charge in [-0.25, -0.2) is 4.68 Å². The molecule has 0 aliphatic carbocycles. The lowest BCUT2D eigenvalue weighted by Gasteiger charge is -2.38. The van der Waals surface area contributed by atoms with Gasteiger partial charge in [0.1, 0.15) is 5.75 Å². The van der Waals surface area contributed by atoms with Gasteiger partial charge in [0, 0.05) is 25.7 Å². The molecule has 1 saturated heterocycles. The molecular formula is C20H27N3O3. The maximum absolute atomic E-state index is 11.9. The highest BCUT2D eigenvalue weighted by atomic mass is 16.3. The number of aryl methyl sites for hydroxylation is 3. The van der Waals surface area contributed by atoms with Crippen molar-refractivity contribution in [1.82, 2.24) is 14.7 Å². The van der Waals surface area contributed by atoms with Gasteiger partial charge in [-0.3, -0.25) is 9.69 Å². The summed E-state index contributed by atoms with van der Waals surface area (Å²) in [5.74, 6) is 0.359. The van der Waals surface area contributed by atoms with Crippen molar-refractivity contribution in [2.24, 2.45) is 0 Å². The molecule has 1 aromatic carbocycles. The van der Waals surface area contributed by atoms with Crippen molar-refractivity contribution in [3.63, 3.8) is 0 Å². The highest BCUT2D eigenvalue weighted by Crippen LogP contribution is 2.27. The summed E-state index contributed by atoms with van der Waals surface area (Å²) in [6, 6.07) is 7.21. The first-order valence-electron chi connectivity index (χ1n) is 9.04. The minimum Gasteiger partial charge on any atom is -0.507 e. The smallest absolute Gasteiger partial charge is 0.266 e. The lowest BCUT2D eigenvalue weighted by molar-refractivity contribution is -0.0390. The summed E-state index contributed by atoms with van der Waals surface area (Å²) in [6.45, 7) is 8.20. The van der Waals surface area contributed by atoms with Gasteiger partial charge in [0.15, 0.2) is 0 Å². The zero-order valence-corrected chi connectivity index (χ0v) is 15.7. The quantitative estimate of drug-likeness (QED) is 0.874. The van der Waals surface area contributed by atoms with Crippen molar-refractivity contribution < 1.29 is 10.2 Å². The summed E-state index contributed by atoms with van der Waals surface area (Å²) in [5, 5.41) is 25.0. The van der Waals surface area contributed by atoms with Gasteiger partial charge < -0.3 is 10.2 Å². The number of aliphatic hydroxyl groups is 1. The van der Waals surface area contributed by atoms with Gasteiger partial charge in [0.05, 0.1) is 17.8 Å². The lowest BCUT2D eigenvalue weighted by Crippen LogP contribution is -2.48. The van der Waals surface area contributed by atoms with Gasteiger partial charge >= 0.3 is 0 Å². The Balaban J connectivity index is 1.63. The molecule has 3 rings (SSSR count). The summed E-state index contributed by atoms with van der Waals surface area (Å²) in [5.41, 5.74) is 2.63. The molecule has 2 heterocycles. The van der Waals surface area contributed by atoms with Gasteiger partial charge in [0.25, 0.3) is 5.56 Å². The highest BCUT2D eigenvalue weighted by Gasteiger charge is 2.33. The fourth-order valence-electron chi connectivity index (χ4n) is 3.62. The molecule has 1 fully saturated rings. The molecule has 1 aliphatic rings. The first kappa shape index (κ1) is 18.6. The number of benzene rings is 1. The fraction of sp³-hybridized carbons (Fsp3) is 0.500. The summed E-state index contributed by atoms with van der Waals surface area (Å²) in [6.07, 6.45) is 1.20. The summed E-state index contributed by atoms with van der Waals surface area (Å²) < 4.78 is 1.37. The number of aromatic hydroxyl groups is 1. The van der Waals surface area contributed by atoms with E-state index in [1.165, 1.54) is 16.3 Å². The molecule has 2 N–H and O–H groups in total. The molecule has 0 amide bonds. The van der Waals surface area contributed by atoms with Crippen LogP contribution in [0.25, 0.3) is 0 Å². The zero-order chi connectivity index (χ0) is 18.9. The number of nitrogens with zero attached hydrogens (tertiary/aromatic N) is 3. The molecular weight excluding hydrogens is 330 g/mol. The molecule has 0 bridgehead atoms. The van der Waals surface area contributed by atoms with Crippen LogP contribution in [0.3, 0.4) is 0 Å². The molecule has 2 aromatic rings. The summed E-state index contributed by atoms with van der Waals surface area (Å²) in [4.78, 5) is 14.2. The van der Waals surface area contributed by atoms with Crippen LogP contribution in [0.5, 0.6) is 5.75 Å². The minimum absolute atomic E-state index is 0.179. The van der Waals surface area contributed by atoms with Gasteiger partial charge in [-0.1, -0.05) is 12.1 Å². The third kappa shape index (κ3) is 4.14. The number of piperidine rings is 1. The second-order valence-corrected chi connectivity index (χ2v) is 7.55. The Hall–Kier alpha value is -2.18. The van der Waals surface area contributed by atoms with E-state index in [9.17, 15) is 15.0 Å². The van der Waals surface area contributed by atoms with Crippen molar-refractivity contribution in [2.75, 3.05) is 13.1 Å². The molecule has 26 heavy (non-hydrogen) atoms. The normalized spacial score (nSPS) is 17.4. The Morgan fingerprint density at radius 3 is 2.35 bits per heavy atom. The Labute approximate surface area is 153 Å². The van der Waals surface area contributed by atoms with E-state index in [0.717, 1.165) is 36.5 Å². The molecule has 1 aromatic heterocycles. The first-order valence-corrected chi connectivity index (χ1v) is 9.04. The van der Waals surface area contributed by atoms with Crippen LogP contribution in [-0.4, -0.2) is 43.6 Å². The van der Waals surface area contributed by atoms with Crippen molar-refractivity contribution in [3.05, 3.63) is 57.0 Å². The SMILES string of the molecule is Cc1ccc(=O)n(CC2(O)CCN(Cc3cc(C)c(O)c(C)c3)CC2)n1. The molecule has 6 heteroatoms. The van der Waals surface area contributed by atoms with Gasteiger partial charge in [-0.15, -0.1) is 0 Å². The average Bonchev–Trinajstić information content (AvgIpc) is 2.58. The third-order valence-corrected chi connectivity index (χ3v) is 5.19. The van der Waals surface area contributed by atoms with E-state index in [2.05, 4.69) is 10.00 Å². The second-order valence-electron chi connectivity index (χ2n) is 7.55. The predicted octanol–water partition coefficient (Wildman–Crippen LogP) is 1.90. The predicted molar refractivity (Wildman–Crippen MR) is 100 cm³/mol. The topological polar surface area (TPSA) is 78.6 Å². The Morgan fingerprint density at radius 1 is 1.12 bits per heavy atom. The van der Waals surface area contributed by atoms with Crippen LogP contribution in [0.15, 0.2) is 29.1 Å². The van der Waals surface area contributed by atoms with Gasteiger partial charge in [-0.2, -0.15) is 5.10 Å². The van der Waals surface area contributed by atoms with Crippen LogP contribution < -0.4 is 5.56 Å². The number of phenols is 1. The maximum atomic E-state index is 11.9. The van der Waals surface area contributed by atoms with Crippen molar-refractivity contribution in [3.8, 4) is 5.75 Å². The maximum Gasteiger partial charge on any atom is 0.266 e. The van der Waals surface area contributed by atoms with E-state index in [1.807, 2.05) is 32.9 Å². The van der Waals surface area contributed by atoms with E-state index in [-0.39, 0.29) is 12.1 Å². The van der Waals surface area contributed by atoms with E-state index >= 15 is 0 Å². The second kappa shape index (κ2) is 7.21. The molecule has 0 atom stereocenters. The molecule has 0 spiro atoms. The van der Waals surface area contributed by atoms with E-state index < -0.39 is 5.60 Å². The zero-order valence-electron chi connectivity index (χ0n) is 15.7. The Morgan fingerprint density at radius 2 is 1.73 bits per heavy atom. The summed E-state index contributed by atoms with van der Waals surface area (Å²) in [7, 11) is 0. The molecule has 0 unspecified atom stereocenters. The van der Waals surface area contributed by atoms with Crippen LogP contribution >= 0.6 is 0 Å². The molecule has 0 saturated carbocycles. The van der Waals surface area contributed by atoms with Crippen molar-refractivity contribution in [1.29, 1.82) is 0 Å². The van der Waals surface area contributed by atoms with E-state index in [1.54, 1.807) is 6.07 Å². The van der Waals surface area contributed by atoms with E-state index in [4.69, 9.17) is 0 Å². The van der Waals surface area contributed by atoms with Crippen LogP contribution in [0.2, 0.25) is 0 Å². The Kier molecular flexibility index (Phi) is 5.16.